The maximum absolute atomic E-state index is 4.28. The molecule has 6 heteroatoms. The summed E-state index contributed by atoms with van der Waals surface area (Å²) in [4.78, 5) is 8.56. The van der Waals surface area contributed by atoms with Crippen LogP contribution < -0.4 is 0 Å². The van der Waals surface area contributed by atoms with Gasteiger partial charge >= 0.3 is 0 Å². The minimum absolute atomic E-state index is 0.828. The molecule has 0 aliphatic carbocycles. The van der Waals surface area contributed by atoms with E-state index in [0.717, 1.165) is 20.5 Å². The smallest absolute Gasteiger partial charge is 0.174 e. The summed E-state index contributed by atoms with van der Waals surface area (Å²) >= 11 is 5.02. The topological polar surface area (TPSA) is 43.6 Å². The molecular weight excluding hydrogens is 288 g/mol. The molecule has 0 atom stereocenters. The van der Waals surface area contributed by atoms with Crippen LogP contribution in [0.25, 0.3) is 16.0 Å². The third kappa shape index (κ3) is 1.45. The second-order valence-electron chi connectivity index (χ2n) is 3.40. The predicted octanol–water partition coefficient (Wildman–Crippen LogP) is 2.95. The zero-order chi connectivity index (χ0) is 11.1. The first-order valence-electron chi connectivity index (χ1n) is 4.65. The monoisotopic (exact) mass is 294 g/mol. The van der Waals surface area contributed by atoms with Crippen molar-refractivity contribution in [3.05, 3.63) is 34.1 Å². The molecule has 4 nitrogen and oxygen atoms in total. The molecule has 3 aromatic rings. The molecule has 0 N–H and O–H groups in total. The van der Waals surface area contributed by atoms with Gasteiger partial charge in [-0.05, 0) is 33.8 Å². The average Bonchev–Trinajstić information content (AvgIpc) is 2.86. The number of thiophene rings is 1. The molecule has 3 aromatic heterocycles. The maximum Gasteiger partial charge on any atom is 0.174 e. The Labute approximate surface area is 104 Å². The Morgan fingerprint density at radius 2 is 2.25 bits per heavy atom. The number of aromatic nitrogens is 4. The van der Waals surface area contributed by atoms with E-state index in [1.165, 1.54) is 5.56 Å². The lowest BCUT2D eigenvalue weighted by molar-refractivity contribution is 0.852. The summed E-state index contributed by atoms with van der Waals surface area (Å²) in [5.74, 6) is 0.828. The molecule has 0 spiro atoms. The third-order valence-corrected chi connectivity index (χ3v) is 3.77. The van der Waals surface area contributed by atoms with Crippen LogP contribution in [0, 0.1) is 6.92 Å². The first-order chi connectivity index (χ1) is 7.75. The van der Waals surface area contributed by atoms with Gasteiger partial charge in [-0.2, -0.15) is 5.10 Å². The van der Waals surface area contributed by atoms with Crippen molar-refractivity contribution in [3.63, 3.8) is 0 Å². The Balaban J connectivity index is 2.31. The Morgan fingerprint density at radius 1 is 1.38 bits per heavy atom. The van der Waals surface area contributed by atoms with Crippen molar-refractivity contribution in [1.29, 1.82) is 0 Å². The van der Waals surface area contributed by atoms with Gasteiger partial charge in [0.05, 0.1) is 20.9 Å². The largest absolute Gasteiger partial charge is 0.235 e. The summed E-state index contributed by atoms with van der Waals surface area (Å²) in [6, 6.07) is 0. The van der Waals surface area contributed by atoms with Crippen molar-refractivity contribution in [1.82, 2.24) is 19.7 Å². The van der Waals surface area contributed by atoms with E-state index >= 15 is 0 Å². The minimum Gasteiger partial charge on any atom is -0.235 e. The van der Waals surface area contributed by atoms with Gasteiger partial charge in [0.2, 0.25) is 0 Å². The van der Waals surface area contributed by atoms with Crippen LogP contribution in [-0.4, -0.2) is 19.7 Å². The molecule has 3 heterocycles. The molecule has 0 bridgehead atoms. The zero-order valence-electron chi connectivity index (χ0n) is 8.38. The Hall–Kier alpha value is -1.27. The Kier molecular flexibility index (Phi) is 2.26. The first kappa shape index (κ1) is 9.92. The number of fused-ring (bicyclic) bond motifs is 1. The lowest BCUT2D eigenvalue weighted by atomic mass is 10.3. The predicted molar refractivity (Wildman–Crippen MR) is 67.0 cm³/mol. The molecule has 0 aliphatic heterocycles. The van der Waals surface area contributed by atoms with E-state index in [1.807, 2.05) is 6.20 Å². The number of hydrogen-bond donors (Lipinski definition) is 0. The number of aryl methyl sites for hydroxylation is 1. The van der Waals surface area contributed by atoms with Crippen molar-refractivity contribution in [2.45, 2.75) is 6.92 Å². The minimum atomic E-state index is 0.828. The highest BCUT2D eigenvalue weighted by molar-refractivity contribution is 9.10. The molecule has 0 saturated carbocycles. The van der Waals surface area contributed by atoms with Crippen molar-refractivity contribution in [2.24, 2.45) is 0 Å². The van der Waals surface area contributed by atoms with Crippen LogP contribution in [0.3, 0.4) is 0 Å². The van der Waals surface area contributed by atoms with E-state index in [0.29, 0.717) is 0 Å². The molecule has 0 unspecified atom stereocenters. The molecule has 0 saturated heterocycles. The highest BCUT2D eigenvalue weighted by Gasteiger charge is 2.10. The molecule has 0 amide bonds. The van der Waals surface area contributed by atoms with E-state index in [2.05, 4.69) is 43.3 Å². The molecule has 16 heavy (non-hydrogen) atoms. The Morgan fingerprint density at radius 3 is 3.00 bits per heavy atom. The van der Waals surface area contributed by atoms with Crippen LogP contribution in [0.5, 0.6) is 0 Å². The summed E-state index contributed by atoms with van der Waals surface area (Å²) in [6.07, 6.45) is 5.21. The van der Waals surface area contributed by atoms with Gasteiger partial charge < -0.3 is 0 Å². The summed E-state index contributed by atoms with van der Waals surface area (Å²) < 4.78 is 3.76. The van der Waals surface area contributed by atoms with Crippen molar-refractivity contribution >= 4 is 37.5 Å². The highest BCUT2D eigenvalue weighted by atomic mass is 79.9. The number of nitrogens with zero attached hydrogens (tertiary/aromatic N) is 4. The molecule has 0 aromatic carbocycles. The third-order valence-electron chi connectivity index (χ3n) is 2.28. The van der Waals surface area contributed by atoms with E-state index in [9.17, 15) is 0 Å². The van der Waals surface area contributed by atoms with Gasteiger partial charge in [0.1, 0.15) is 6.33 Å². The van der Waals surface area contributed by atoms with Gasteiger partial charge in [-0.3, -0.25) is 0 Å². The van der Waals surface area contributed by atoms with Gasteiger partial charge in [-0.1, -0.05) is 0 Å². The molecule has 0 radical (unpaired) electrons. The lowest BCUT2D eigenvalue weighted by Gasteiger charge is -2.00. The van der Waals surface area contributed by atoms with Crippen molar-refractivity contribution in [3.8, 4) is 5.82 Å². The quantitative estimate of drug-likeness (QED) is 0.693. The maximum atomic E-state index is 4.28. The van der Waals surface area contributed by atoms with Gasteiger partial charge in [0, 0.05) is 6.20 Å². The molecule has 0 fully saturated rings. The average molecular weight is 295 g/mol. The van der Waals surface area contributed by atoms with Crippen molar-refractivity contribution in [2.75, 3.05) is 0 Å². The summed E-state index contributed by atoms with van der Waals surface area (Å²) in [5, 5.41) is 6.32. The van der Waals surface area contributed by atoms with Crippen LogP contribution >= 0.6 is 27.3 Å². The van der Waals surface area contributed by atoms with Crippen LogP contribution in [0.2, 0.25) is 0 Å². The van der Waals surface area contributed by atoms with E-state index in [1.54, 1.807) is 28.5 Å². The van der Waals surface area contributed by atoms with Gasteiger partial charge in [-0.25, -0.2) is 14.6 Å². The van der Waals surface area contributed by atoms with Crippen LogP contribution in [0.1, 0.15) is 5.56 Å². The van der Waals surface area contributed by atoms with Crippen LogP contribution in [0.15, 0.2) is 28.6 Å². The highest BCUT2D eigenvalue weighted by Crippen LogP contribution is 2.27. The summed E-state index contributed by atoms with van der Waals surface area (Å²) in [5.41, 5.74) is 2.18. The SMILES string of the molecule is Cc1csc2c(-n3cc(Br)cn3)ncnc12. The van der Waals surface area contributed by atoms with Crippen LogP contribution in [-0.2, 0) is 0 Å². The standard InChI is InChI=1S/C10H7BrN4S/c1-6-4-16-9-8(6)12-5-13-10(9)15-3-7(11)2-14-15/h2-5H,1H3. The fourth-order valence-electron chi connectivity index (χ4n) is 1.54. The fourth-order valence-corrected chi connectivity index (χ4v) is 2.81. The molecular formula is C10H7BrN4S. The number of halogens is 1. The van der Waals surface area contributed by atoms with Gasteiger partial charge in [0.25, 0.3) is 0 Å². The number of rotatable bonds is 1. The number of hydrogen-bond acceptors (Lipinski definition) is 4. The van der Waals surface area contributed by atoms with Gasteiger partial charge in [0.15, 0.2) is 5.82 Å². The second-order valence-corrected chi connectivity index (χ2v) is 5.19. The molecule has 3 rings (SSSR count). The zero-order valence-corrected chi connectivity index (χ0v) is 10.8. The molecule has 80 valence electrons. The Bertz CT molecular complexity index is 658. The van der Waals surface area contributed by atoms with Crippen LogP contribution in [0.4, 0.5) is 0 Å². The normalized spacial score (nSPS) is 11.1. The molecule has 0 aliphatic rings. The van der Waals surface area contributed by atoms with E-state index in [4.69, 9.17) is 0 Å². The summed E-state index contributed by atoms with van der Waals surface area (Å²) in [6.45, 7) is 2.05. The summed E-state index contributed by atoms with van der Waals surface area (Å²) in [7, 11) is 0. The van der Waals surface area contributed by atoms with Gasteiger partial charge in [-0.15, -0.1) is 11.3 Å². The second kappa shape index (κ2) is 3.64. The lowest BCUT2D eigenvalue weighted by Crippen LogP contribution is -1.98. The fraction of sp³-hybridized carbons (Fsp3) is 0.100. The van der Waals surface area contributed by atoms with E-state index < -0.39 is 0 Å². The van der Waals surface area contributed by atoms with Crippen molar-refractivity contribution < 1.29 is 0 Å². The van der Waals surface area contributed by atoms with E-state index in [-0.39, 0.29) is 0 Å². The first-order valence-corrected chi connectivity index (χ1v) is 6.32.